The number of rotatable bonds is 9. The number of carbonyl (C=O) groups is 3. The Hall–Kier alpha value is -2.09. The normalized spacial score (nSPS) is 21.7. The van der Waals surface area contributed by atoms with Gasteiger partial charge in [-0.1, -0.05) is 19.4 Å². The minimum atomic E-state index is -0.876. The summed E-state index contributed by atoms with van der Waals surface area (Å²) in [5.41, 5.74) is 4.69. The predicted octanol–water partition coefficient (Wildman–Crippen LogP) is 1.71. The molecule has 0 spiro atoms. The van der Waals surface area contributed by atoms with Crippen molar-refractivity contribution in [2.75, 3.05) is 6.54 Å². The molecule has 0 aromatic heterocycles. The highest BCUT2D eigenvalue weighted by Gasteiger charge is 2.42. The van der Waals surface area contributed by atoms with Crippen LogP contribution in [0.5, 0.6) is 0 Å². The molecule has 0 aromatic carbocycles. The summed E-state index contributed by atoms with van der Waals surface area (Å²) in [6, 6.07) is -1.75. The molecule has 1 heterocycles. The van der Waals surface area contributed by atoms with E-state index in [1.807, 2.05) is 13.0 Å². The van der Waals surface area contributed by atoms with E-state index in [4.69, 9.17) is 10.5 Å². The number of aliphatic hydroxyl groups excluding tert-OH is 1. The highest BCUT2D eigenvalue weighted by Crippen LogP contribution is 2.23. The highest BCUT2D eigenvalue weighted by molar-refractivity contribution is 5.91. The molecular formula is C20H35N3O5. The lowest BCUT2D eigenvalue weighted by Gasteiger charge is -2.31. The predicted molar refractivity (Wildman–Crippen MR) is 106 cm³/mol. The molecule has 28 heavy (non-hydrogen) atoms. The molecule has 4 N–H and O–H groups in total. The summed E-state index contributed by atoms with van der Waals surface area (Å²) in [6.07, 6.45) is 3.83. The van der Waals surface area contributed by atoms with E-state index < -0.39 is 41.7 Å². The first kappa shape index (κ1) is 23.9. The molecule has 160 valence electrons. The van der Waals surface area contributed by atoms with Crippen LogP contribution in [0.4, 0.5) is 4.79 Å². The van der Waals surface area contributed by atoms with Crippen LogP contribution < -0.4 is 11.1 Å². The quantitative estimate of drug-likeness (QED) is 0.404. The Labute approximate surface area is 167 Å². The Morgan fingerprint density at radius 3 is 2.54 bits per heavy atom. The maximum Gasteiger partial charge on any atom is 0.408 e. The molecule has 4 atom stereocenters. The van der Waals surface area contributed by atoms with Crippen molar-refractivity contribution < 1.29 is 24.2 Å². The van der Waals surface area contributed by atoms with E-state index in [-0.39, 0.29) is 18.9 Å². The number of amides is 3. The summed E-state index contributed by atoms with van der Waals surface area (Å²) >= 11 is 0. The molecule has 0 saturated carbocycles. The largest absolute Gasteiger partial charge is 0.444 e. The van der Waals surface area contributed by atoms with Gasteiger partial charge in [0.2, 0.25) is 11.8 Å². The fraction of sp³-hybridized carbons (Fsp3) is 0.750. The number of allylic oxidation sites excluding steroid dienone is 1. The van der Waals surface area contributed by atoms with E-state index in [0.717, 1.165) is 19.3 Å². The number of hydrogen-bond acceptors (Lipinski definition) is 5. The second kappa shape index (κ2) is 10.5. The van der Waals surface area contributed by atoms with Crippen LogP contribution in [0, 0.1) is 5.92 Å². The van der Waals surface area contributed by atoms with Gasteiger partial charge in [0.05, 0.1) is 6.10 Å². The van der Waals surface area contributed by atoms with Gasteiger partial charge in [-0.3, -0.25) is 9.59 Å². The average molecular weight is 398 g/mol. The number of unbranched alkanes of at least 4 members (excludes halogenated alkanes) is 2. The van der Waals surface area contributed by atoms with E-state index >= 15 is 0 Å². The molecule has 1 aliphatic heterocycles. The van der Waals surface area contributed by atoms with Crippen molar-refractivity contribution in [1.82, 2.24) is 10.2 Å². The van der Waals surface area contributed by atoms with Gasteiger partial charge >= 0.3 is 6.09 Å². The van der Waals surface area contributed by atoms with Crippen LogP contribution >= 0.6 is 0 Å². The standard InChI is InChI=1S/C20H35N3O5/c1-6-7-8-9-10-13(2)16(22-19(27)28-20(3,4)5)18(26)23-12-14(24)11-15(23)17(21)25/h6,13-16,24H,1,7-12H2,2-5H3,(H2,21,25)(H,22,27). The van der Waals surface area contributed by atoms with Crippen LogP contribution in [0.15, 0.2) is 12.7 Å². The lowest BCUT2D eigenvalue weighted by molar-refractivity contribution is -0.140. The van der Waals surface area contributed by atoms with Gasteiger partial charge in [0.25, 0.3) is 0 Å². The number of nitrogens with one attached hydrogen (secondary N) is 1. The zero-order valence-corrected chi connectivity index (χ0v) is 17.4. The number of carbonyl (C=O) groups excluding carboxylic acids is 3. The maximum absolute atomic E-state index is 13.2. The molecule has 0 radical (unpaired) electrons. The number of aliphatic hydroxyl groups is 1. The van der Waals surface area contributed by atoms with E-state index in [9.17, 15) is 19.5 Å². The van der Waals surface area contributed by atoms with Gasteiger partial charge in [-0.2, -0.15) is 0 Å². The lowest BCUT2D eigenvalue weighted by atomic mass is 9.94. The number of alkyl carbamates (subject to hydrolysis) is 1. The van der Waals surface area contributed by atoms with Crippen molar-refractivity contribution in [3.63, 3.8) is 0 Å². The maximum atomic E-state index is 13.2. The monoisotopic (exact) mass is 397 g/mol. The minimum Gasteiger partial charge on any atom is -0.444 e. The Kier molecular flexibility index (Phi) is 8.94. The number of likely N-dealkylation sites (tertiary alicyclic amines) is 1. The minimum absolute atomic E-state index is 0.0160. The van der Waals surface area contributed by atoms with Gasteiger partial charge in [0, 0.05) is 13.0 Å². The molecule has 0 aliphatic carbocycles. The van der Waals surface area contributed by atoms with Crippen LogP contribution in [0.2, 0.25) is 0 Å². The van der Waals surface area contributed by atoms with Crippen molar-refractivity contribution in [1.29, 1.82) is 0 Å². The van der Waals surface area contributed by atoms with E-state index in [1.165, 1.54) is 4.90 Å². The molecule has 0 bridgehead atoms. The Balaban J connectivity index is 2.94. The Morgan fingerprint density at radius 2 is 2.00 bits per heavy atom. The number of β-amino-alcohol motifs (C(OH)–C–C–N with tert-alkyl or cyclic N) is 1. The Morgan fingerprint density at radius 1 is 1.36 bits per heavy atom. The number of ether oxygens (including phenoxy) is 1. The summed E-state index contributed by atoms with van der Waals surface area (Å²) < 4.78 is 5.29. The molecule has 0 aromatic rings. The van der Waals surface area contributed by atoms with Gasteiger partial charge < -0.3 is 25.8 Å². The summed E-state index contributed by atoms with van der Waals surface area (Å²) in [7, 11) is 0. The molecule has 1 fully saturated rings. The average Bonchev–Trinajstić information content (AvgIpc) is 2.96. The molecule has 1 aliphatic rings. The molecule has 8 nitrogen and oxygen atoms in total. The summed E-state index contributed by atoms with van der Waals surface area (Å²) in [4.78, 5) is 38.4. The zero-order valence-electron chi connectivity index (χ0n) is 17.4. The first-order valence-corrected chi connectivity index (χ1v) is 9.84. The number of nitrogens with zero attached hydrogens (tertiary/aromatic N) is 1. The second-order valence-corrected chi connectivity index (χ2v) is 8.47. The van der Waals surface area contributed by atoms with Gasteiger partial charge in [-0.05, 0) is 46.0 Å². The first-order chi connectivity index (χ1) is 13.0. The van der Waals surface area contributed by atoms with E-state index in [1.54, 1.807) is 20.8 Å². The second-order valence-electron chi connectivity index (χ2n) is 8.47. The van der Waals surface area contributed by atoms with Crippen molar-refractivity contribution in [3.05, 3.63) is 12.7 Å². The zero-order chi connectivity index (χ0) is 21.5. The van der Waals surface area contributed by atoms with Crippen molar-refractivity contribution >= 4 is 17.9 Å². The van der Waals surface area contributed by atoms with Gasteiger partial charge in [0.1, 0.15) is 17.7 Å². The third kappa shape index (κ3) is 7.50. The highest BCUT2D eigenvalue weighted by atomic mass is 16.6. The molecule has 1 saturated heterocycles. The molecule has 1 rings (SSSR count). The Bertz CT molecular complexity index is 573. The van der Waals surface area contributed by atoms with Crippen molar-refractivity contribution in [3.8, 4) is 0 Å². The van der Waals surface area contributed by atoms with Crippen molar-refractivity contribution in [2.24, 2.45) is 11.7 Å². The summed E-state index contributed by atoms with van der Waals surface area (Å²) in [5, 5.41) is 12.6. The number of hydrogen-bond donors (Lipinski definition) is 3. The van der Waals surface area contributed by atoms with Gasteiger partial charge in [0.15, 0.2) is 0 Å². The fourth-order valence-corrected chi connectivity index (χ4v) is 3.31. The smallest absolute Gasteiger partial charge is 0.408 e. The third-order valence-corrected chi connectivity index (χ3v) is 4.72. The van der Waals surface area contributed by atoms with Crippen LogP contribution in [-0.4, -0.2) is 58.2 Å². The van der Waals surface area contributed by atoms with Gasteiger partial charge in [-0.25, -0.2) is 4.79 Å². The van der Waals surface area contributed by atoms with E-state index in [0.29, 0.717) is 6.42 Å². The topological polar surface area (TPSA) is 122 Å². The number of primary amides is 1. The number of nitrogens with two attached hydrogens (primary N) is 1. The van der Waals surface area contributed by atoms with Crippen LogP contribution in [0.1, 0.15) is 59.8 Å². The summed E-state index contributed by atoms with van der Waals surface area (Å²) in [6.45, 7) is 10.8. The van der Waals surface area contributed by atoms with Gasteiger partial charge in [-0.15, -0.1) is 6.58 Å². The molecule has 4 unspecified atom stereocenters. The SMILES string of the molecule is C=CCCCCC(C)C(NC(=O)OC(C)(C)C)C(=O)N1CC(O)CC1C(N)=O. The van der Waals surface area contributed by atoms with Crippen LogP contribution in [-0.2, 0) is 14.3 Å². The third-order valence-electron chi connectivity index (χ3n) is 4.72. The van der Waals surface area contributed by atoms with Crippen LogP contribution in [0.3, 0.4) is 0 Å². The summed E-state index contributed by atoms with van der Waals surface area (Å²) in [5.74, 6) is -1.28. The first-order valence-electron chi connectivity index (χ1n) is 9.84. The molecular weight excluding hydrogens is 362 g/mol. The molecule has 3 amide bonds. The molecule has 8 heteroatoms. The lowest BCUT2D eigenvalue weighted by Crippen LogP contribution is -2.55. The fourth-order valence-electron chi connectivity index (χ4n) is 3.31. The van der Waals surface area contributed by atoms with Crippen molar-refractivity contribution in [2.45, 2.75) is 83.6 Å². The van der Waals surface area contributed by atoms with Crippen LogP contribution in [0.25, 0.3) is 0 Å². The van der Waals surface area contributed by atoms with E-state index in [2.05, 4.69) is 11.9 Å².